The predicted molar refractivity (Wildman–Crippen MR) is 160 cm³/mol. The number of hydrogen-bond acceptors (Lipinski definition) is 8. The zero-order chi connectivity index (χ0) is 28.8. The molecule has 0 bridgehead atoms. The standard InChI is InChI=1S/C31H33F2N9/c1-40-12-14-41(15-13-40)22-7-9-23(10-8-22)42-17-25(27-29(34)35-18-36-30(27)42)19-2-5-21(6-3-19)37-31-38-26-11-4-20(32)16-24(26)28(33)39-31/h2-6,11,16-18,22-23H,7-10,12-15H2,1H3,(H2,34,35,36)(H,37,38,39). The lowest BCUT2D eigenvalue weighted by molar-refractivity contribution is 0.0828. The summed E-state index contributed by atoms with van der Waals surface area (Å²) in [5.41, 5.74) is 10.2. The summed E-state index contributed by atoms with van der Waals surface area (Å²) < 4.78 is 30.3. The van der Waals surface area contributed by atoms with Crippen LogP contribution in [0.25, 0.3) is 33.1 Å². The predicted octanol–water partition coefficient (Wildman–Crippen LogP) is 5.38. The summed E-state index contributed by atoms with van der Waals surface area (Å²) in [6.45, 7) is 4.59. The van der Waals surface area contributed by atoms with E-state index in [9.17, 15) is 8.78 Å². The first-order valence-electron chi connectivity index (χ1n) is 14.5. The molecule has 2 fully saturated rings. The Hall–Kier alpha value is -4.22. The van der Waals surface area contributed by atoms with E-state index in [2.05, 4.69) is 52.9 Å². The van der Waals surface area contributed by atoms with Crippen molar-refractivity contribution in [3.05, 3.63) is 66.8 Å². The van der Waals surface area contributed by atoms with Gasteiger partial charge in [-0.25, -0.2) is 19.3 Å². The van der Waals surface area contributed by atoms with Gasteiger partial charge in [0, 0.05) is 55.7 Å². The Bertz CT molecular complexity index is 1740. The Kier molecular flexibility index (Phi) is 6.91. The van der Waals surface area contributed by atoms with Crippen LogP contribution in [0.3, 0.4) is 0 Å². The zero-order valence-corrected chi connectivity index (χ0v) is 23.5. The largest absolute Gasteiger partial charge is 0.383 e. The number of nitrogens with two attached hydrogens (primary N) is 1. The molecule has 2 aromatic carbocycles. The van der Waals surface area contributed by atoms with Crippen LogP contribution in [0.5, 0.6) is 0 Å². The summed E-state index contributed by atoms with van der Waals surface area (Å²) in [6.07, 6.45) is 8.26. The van der Waals surface area contributed by atoms with Gasteiger partial charge in [0.05, 0.1) is 16.3 Å². The van der Waals surface area contributed by atoms with Crippen LogP contribution in [0.15, 0.2) is 55.0 Å². The highest BCUT2D eigenvalue weighted by atomic mass is 19.1. The smallest absolute Gasteiger partial charge is 0.230 e. The molecule has 1 aliphatic heterocycles. The van der Waals surface area contributed by atoms with E-state index in [1.54, 1.807) is 0 Å². The van der Waals surface area contributed by atoms with Gasteiger partial charge in [0.25, 0.3) is 0 Å². The molecule has 9 nitrogen and oxygen atoms in total. The maximum atomic E-state index is 14.5. The van der Waals surface area contributed by atoms with Crippen molar-refractivity contribution in [2.75, 3.05) is 44.3 Å². The monoisotopic (exact) mass is 569 g/mol. The van der Waals surface area contributed by atoms with E-state index in [0.29, 0.717) is 29.1 Å². The minimum atomic E-state index is -0.778. The average Bonchev–Trinajstić information content (AvgIpc) is 3.40. The Balaban J connectivity index is 1.12. The van der Waals surface area contributed by atoms with Gasteiger partial charge in [0.15, 0.2) is 0 Å². The van der Waals surface area contributed by atoms with Crippen LogP contribution in [0, 0.1) is 11.8 Å². The SMILES string of the molecule is CN1CCN(C2CCC(n3cc(-c4ccc(Nc5nc(F)c6cc(F)ccc6n5)cc4)c4c(N)ncnc43)CC2)CC1. The van der Waals surface area contributed by atoms with Gasteiger partial charge in [-0.05, 0) is 68.6 Å². The number of aromatic nitrogens is 5. The molecule has 3 aromatic heterocycles. The number of rotatable bonds is 5. The molecule has 0 amide bonds. The molecule has 0 atom stereocenters. The van der Waals surface area contributed by atoms with Gasteiger partial charge in [0.1, 0.15) is 23.6 Å². The van der Waals surface area contributed by atoms with Crippen molar-refractivity contribution in [3.63, 3.8) is 0 Å². The molecule has 3 N–H and O–H groups in total. The molecule has 1 saturated carbocycles. The van der Waals surface area contributed by atoms with Crippen LogP contribution in [-0.2, 0) is 0 Å². The highest BCUT2D eigenvalue weighted by Gasteiger charge is 2.30. The van der Waals surface area contributed by atoms with Crippen molar-refractivity contribution >= 4 is 39.4 Å². The lowest BCUT2D eigenvalue weighted by Crippen LogP contribution is -2.49. The van der Waals surface area contributed by atoms with Crippen molar-refractivity contribution in [3.8, 4) is 11.1 Å². The fourth-order valence-corrected chi connectivity index (χ4v) is 6.48. The molecule has 4 heterocycles. The first-order chi connectivity index (χ1) is 20.4. The summed E-state index contributed by atoms with van der Waals surface area (Å²) in [5.74, 6) is -0.758. The third kappa shape index (κ3) is 5.03. The molecule has 0 radical (unpaired) electrons. The first-order valence-corrected chi connectivity index (χ1v) is 14.5. The third-order valence-corrected chi connectivity index (χ3v) is 8.82. The molecule has 5 aromatic rings. The van der Waals surface area contributed by atoms with E-state index in [4.69, 9.17) is 5.73 Å². The molecule has 1 aliphatic carbocycles. The summed E-state index contributed by atoms with van der Waals surface area (Å²) in [5, 5.41) is 3.95. The Labute approximate surface area is 242 Å². The zero-order valence-electron chi connectivity index (χ0n) is 23.5. The van der Waals surface area contributed by atoms with E-state index >= 15 is 0 Å². The van der Waals surface area contributed by atoms with Crippen LogP contribution in [0.2, 0.25) is 0 Å². The second kappa shape index (κ2) is 10.9. The number of halogens is 2. The Morgan fingerprint density at radius 2 is 1.62 bits per heavy atom. The molecule has 2 aliphatic rings. The first kappa shape index (κ1) is 26.7. The number of nitrogen functional groups attached to an aromatic ring is 1. The maximum absolute atomic E-state index is 14.5. The van der Waals surface area contributed by atoms with E-state index in [0.717, 1.165) is 67.2 Å². The summed E-state index contributed by atoms with van der Waals surface area (Å²) >= 11 is 0. The van der Waals surface area contributed by atoms with Crippen LogP contribution < -0.4 is 11.1 Å². The lowest BCUT2D eigenvalue weighted by Gasteiger charge is -2.41. The molecule has 0 spiro atoms. The molecule has 1 saturated heterocycles. The number of hydrogen-bond donors (Lipinski definition) is 2. The summed E-state index contributed by atoms with van der Waals surface area (Å²) in [6, 6.07) is 12.5. The van der Waals surface area contributed by atoms with Gasteiger partial charge >= 0.3 is 0 Å². The Morgan fingerprint density at radius 1 is 0.881 bits per heavy atom. The number of anilines is 3. The third-order valence-electron chi connectivity index (χ3n) is 8.82. The number of benzene rings is 2. The van der Waals surface area contributed by atoms with Crippen LogP contribution >= 0.6 is 0 Å². The van der Waals surface area contributed by atoms with E-state index in [1.807, 2.05) is 24.3 Å². The van der Waals surface area contributed by atoms with Crippen LogP contribution in [-0.4, -0.2) is 73.6 Å². The topological polar surface area (TPSA) is 101 Å². The second-order valence-electron chi connectivity index (χ2n) is 11.4. The Morgan fingerprint density at radius 3 is 2.38 bits per heavy atom. The van der Waals surface area contributed by atoms with Gasteiger partial charge in [-0.3, -0.25) is 4.90 Å². The van der Waals surface area contributed by atoms with E-state index in [-0.39, 0.29) is 11.3 Å². The quantitative estimate of drug-likeness (QED) is 0.272. The van der Waals surface area contributed by atoms with Gasteiger partial charge in [-0.15, -0.1) is 0 Å². The fraction of sp³-hybridized carbons (Fsp3) is 0.355. The molecule has 216 valence electrons. The number of fused-ring (bicyclic) bond motifs is 2. The molecular formula is C31H33F2N9. The second-order valence-corrected chi connectivity index (χ2v) is 11.4. The molecule has 42 heavy (non-hydrogen) atoms. The number of nitrogens with zero attached hydrogens (tertiary/aromatic N) is 7. The summed E-state index contributed by atoms with van der Waals surface area (Å²) in [7, 11) is 2.20. The highest BCUT2D eigenvalue weighted by molar-refractivity contribution is 6.00. The number of nitrogens with one attached hydrogen (secondary N) is 1. The van der Waals surface area contributed by atoms with Crippen molar-refractivity contribution < 1.29 is 8.78 Å². The lowest BCUT2D eigenvalue weighted by atomic mass is 9.89. The maximum Gasteiger partial charge on any atom is 0.230 e. The van der Waals surface area contributed by atoms with Gasteiger partial charge in [-0.1, -0.05) is 12.1 Å². The van der Waals surface area contributed by atoms with Crippen LogP contribution in [0.4, 0.5) is 26.2 Å². The highest BCUT2D eigenvalue weighted by Crippen LogP contribution is 2.39. The molecule has 7 rings (SSSR count). The molecule has 11 heteroatoms. The van der Waals surface area contributed by atoms with E-state index in [1.165, 1.54) is 31.3 Å². The average molecular weight is 570 g/mol. The number of piperazine rings is 1. The molecular weight excluding hydrogens is 536 g/mol. The van der Waals surface area contributed by atoms with Gasteiger partial charge < -0.3 is 20.5 Å². The van der Waals surface area contributed by atoms with Crippen molar-refractivity contribution in [2.45, 2.75) is 37.8 Å². The van der Waals surface area contributed by atoms with Gasteiger partial charge in [-0.2, -0.15) is 9.37 Å². The normalized spacial score (nSPS) is 20.4. The number of likely N-dealkylation sites (N-methyl/N-ethyl adjacent to an activating group) is 1. The van der Waals surface area contributed by atoms with E-state index < -0.39 is 11.8 Å². The van der Waals surface area contributed by atoms with Crippen molar-refractivity contribution in [1.29, 1.82) is 0 Å². The summed E-state index contributed by atoms with van der Waals surface area (Å²) in [4.78, 5) is 22.2. The minimum absolute atomic E-state index is 0.0416. The molecule has 0 unspecified atom stereocenters. The van der Waals surface area contributed by atoms with Crippen molar-refractivity contribution in [1.82, 2.24) is 34.3 Å². The minimum Gasteiger partial charge on any atom is -0.383 e. The van der Waals surface area contributed by atoms with Crippen molar-refractivity contribution in [2.24, 2.45) is 0 Å². The van der Waals surface area contributed by atoms with Crippen LogP contribution in [0.1, 0.15) is 31.7 Å². The fourth-order valence-electron chi connectivity index (χ4n) is 6.48. The van der Waals surface area contributed by atoms with Gasteiger partial charge in [0.2, 0.25) is 11.9 Å².